The molecule has 0 saturated heterocycles. The lowest BCUT2D eigenvalue weighted by atomic mass is 10.2. The van der Waals surface area contributed by atoms with Crippen LogP contribution < -0.4 is 10.5 Å². The molecule has 1 atom stereocenters. The Morgan fingerprint density at radius 1 is 1.39 bits per heavy atom. The Labute approximate surface area is 116 Å². The van der Waals surface area contributed by atoms with Crippen LogP contribution in [0.25, 0.3) is 0 Å². The number of hydrogen-bond donors (Lipinski definition) is 1. The molecule has 2 N–H and O–H groups in total. The largest absolute Gasteiger partial charge is 0.496 e. The first-order chi connectivity index (χ1) is 8.60. The predicted molar refractivity (Wildman–Crippen MR) is 76.8 cm³/mol. The van der Waals surface area contributed by atoms with Crippen LogP contribution in [0.2, 0.25) is 0 Å². The highest BCUT2D eigenvalue weighted by atomic mass is 79.9. The van der Waals surface area contributed by atoms with Crippen LogP contribution in [0.5, 0.6) is 5.75 Å². The van der Waals surface area contributed by atoms with E-state index in [0.29, 0.717) is 0 Å². The summed E-state index contributed by atoms with van der Waals surface area (Å²) < 4.78 is 8.54. The lowest BCUT2D eigenvalue weighted by Gasteiger charge is -2.10. The van der Waals surface area contributed by atoms with Gasteiger partial charge in [0.1, 0.15) is 5.75 Å². The molecule has 1 unspecified atom stereocenters. The second-order valence-electron chi connectivity index (χ2n) is 4.36. The monoisotopic (exact) mass is 308 g/mol. The molecular weight excluding hydrogens is 292 g/mol. The Hall–Kier alpha value is -1.26. The van der Waals surface area contributed by atoms with Crippen LogP contribution in [0.3, 0.4) is 0 Å². The minimum atomic E-state index is 0.0654. The van der Waals surface area contributed by atoms with Gasteiger partial charge in [-0.05, 0) is 36.8 Å². The molecule has 0 aliphatic rings. The molecule has 2 rings (SSSR count). The van der Waals surface area contributed by atoms with E-state index in [1.165, 1.54) is 0 Å². The highest BCUT2D eigenvalue weighted by Crippen LogP contribution is 2.24. The van der Waals surface area contributed by atoms with Crippen LogP contribution in [0.4, 0.5) is 0 Å². The zero-order valence-electron chi connectivity index (χ0n) is 10.6. The summed E-state index contributed by atoms with van der Waals surface area (Å²) >= 11 is 3.48. The fourth-order valence-electron chi connectivity index (χ4n) is 1.89. The van der Waals surface area contributed by atoms with Gasteiger partial charge in [-0.25, -0.2) is 0 Å². The standard InChI is InChI=1S/C14H17BrN2O/c1-10(16)11-5-6-17(8-11)9-12-7-13(15)3-4-14(12)18-2/h3-8,10H,9,16H2,1-2H3. The smallest absolute Gasteiger partial charge is 0.123 e. The van der Waals surface area contributed by atoms with Gasteiger partial charge in [0.25, 0.3) is 0 Å². The van der Waals surface area contributed by atoms with Gasteiger partial charge in [0, 0.05) is 28.5 Å². The number of halogens is 1. The van der Waals surface area contributed by atoms with Crippen molar-refractivity contribution in [2.75, 3.05) is 7.11 Å². The quantitative estimate of drug-likeness (QED) is 0.941. The number of hydrogen-bond acceptors (Lipinski definition) is 2. The van der Waals surface area contributed by atoms with Gasteiger partial charge in [0.05, 0.1) is 13.7 Å². The highest BCUT2D eigenvalue weighted by Gasteiger charge is 2.06. The molecule has 0 saturated carbocycles. The summed E-state index contributed by atoms with van der Waals surface area (Å²) in [6.07, 6.45) is 4.12. The second kappa shape index (κ2) is 5.59. The van der Waals surface area contributed by atoms with Crippen LogP contribution in [0.15, 0.2) is 41.1 Å². The Morgan fingerprint density at radius 2 is 2.17 bits per heavy atom. The zero-order valence-corrected chi connectivity index (χ0v) is 12.1. The molecule has 1 aromatic carbocycles. The van der Waals surface area contributed by atoms with Crippen molar-refractivity contribution in [1.29, 1.82) is 0 Å². The molecule has 1 aromatic heterocycles. The summed E-state index contributed by atoms with van der Waals surface area (Å²) in [6.45, 7) is 2.76. The Bertz CT molecular complexity index is 534. The summed E-state index contributed by atoms with van der Waals surface area (Å²) in [7, 11) is 1.69. The van der Waals surface area contributed by atoms with Crippen molar-refractivity contribution in [3.05, 3.63) is 52.3 Å². The summed E-state index contributed by atoms with van der Waals surface area (Å²) in [5.74, 6) is 0.897. The number of nitrogens with two attached hydrogens (primary N) is 1. The number of rotatable bonds is 4. The van der Waals surface area contributed by atoms with Crippen molar-refractivity contribution in [3.8, 4) is 5.75 Å². The molecule has 0 bridgehead atoms. The lowest BCUT2D eigenvalue weighted by molar-refractivity contribution is 0.408. The number of ether oxygens (including phenoxy) is 1. The lowest BCUT2D eigenvalue weighted by Crippen LogP contribution is -2.04. The van der Waals surface area contributed by atoms with Gasteiger partial charge in [0.15, 0.2) is 0 Å². The van der Waals surface area contributed by atoms with Crippen LogP contribution in [0, 0.1) is 0 Å². The molecule has 18 heavy (non-hydrogen) atoms. The molecule has 0 aliphatic heterocycles. The van der Waals surface area contributed by atoms with E-state index >= 15 is 0 Å². The van der Waals surface area contributed by atoms with Gasteiger partial charge in [-0.1, -0.05) is 15.9 Å². The molecule has 0 amide bonds. The maximum Gasteiger partial charge on any atom is 0.123 e. The van der Waals surface area contributed by atoms with E-state index in [1.807, 2.05) is 25.3 Å². The van der Waals surface area contributed by atoms with Crippen molar-refractivity contribution in [1.82, 2.24) is 4.57 Å². The van der Waals surface area contributed by atoms with E-state index in [4.69, 9.17) is 10.5 Å². The molecule has 2 aromatic rings. The van der Waals surface area contributed by atoms with Crippen LogP contribution >= 0.6 is 15.9 Å². The fraction of sp³-hybridized carbons (Fsp3) is 0.286. The summed E-state index contributed by atoms with van der Waals surface area (Å²) in [5.41, 5.74) is 8.14. The molecule has 0 spiro atoms. The van der Waals surface area contributed by atoms with E-state index in [0.717, 1.165) is 27.9 Å². The molecule has 1 heterocycles. The summed E-state index contributed by atoms with van der Waals surface area (Å²) in [4.78, 5) is 0. The molecule has 0 fully saturated rings. The normalized spacial score (nSPS) is 12.4. The van der Waals surface area contributed by atoms with Crippen molar-refractivity contribution in [2.24, 2.45) is 5.73 Å². The third-order valence-electron chi connectivity index (χ3n) is 2.89. The minimum Gasteiger partial charge on any atom is -0.496 e. The van der Waals surface area contributed by atoms with Gasteiger partial charge >= 0.3 is 0 Å². The first kappa shape index (κ1) is 13.2. The van der Waals surface area contributed by atoms with Crippen LogP contribution in [-0.2, 0) is 6.54 Å². The predicted octanol–water partition coefficient (Wildman–Crippen LogP) is 3.33. The Morgan fingerprint density at radius 3 is 2.78 bits per heavy atom. The van der Waals surface area contributed by atoms with Gasteiger partial charge < -0.3 is 15.0 Å². The van der Waals surface area contributed by atoms with Gasteiger partial charge in [-0.15, -0.1) is 0 Å². The van der Waals surface area contributed by atoms with Crippen LogP contribution in [-0.4, -0.2) is 11.7 Å². The van der Waals surface area contributed by atoms with Crippen molar-refractivity contribution in [3.63, 3.8) is 0 Å². The minimum absolute atomic E-state index is 0.0654. The molecule has 96 valence electrons. The number of methoxy groups -OCH3 is 1. The topological polar surface area (TPSA) is 40.2 Å². The van der Waals surface area contributed by atoms with Gasteiger partial charge in [-0.2, -0.15) is 0 Å². The van der Waals surface area contributed by atoms with Gasteiger partial charge in [0.2, 0.25) is 0 Å². The first-order valence-corrected chi connectivity index (χ1v) is 6.63. The van der Waals surface area contributed by atoms with E-state index in [2.05, 4.69) is 38.8 Å². The molecule has 4 heteroatoms. The van der Waals surface area contributed by atoms with Crippen molar-refractivity contribution >= 4 is 15.9 Å². The van der Waals surface area contributed by atoms with Crippen LogP contribution in [0.1, 0.15) is 24.1 Å². The Balaban J connectivity index is 2.24. The Kier molecular flexibility index (Phi) is 4.09. The number of benzene rings is 1. The third kappa shape index (κ3) is 2.94. The van der Waals surface area contributed by atoms with Crippen molar-refractivity contribution < 1.29 is 4.74 Å². The third-order valence-corrected chi connectivity index (χ3v) is 3.39. The number of aromatic nitrogens is 1. The highest BCUT2D eigenvalue weighted by molar-refractivity contribution is 9.10. The van der Waals surface area contributed by atoms with E-state index in [1.54, 1.807) is 7.11 Å². The van der Waals surface area contributed by atoms with E-state index in [-0.39, 0.29) is 6.04 Å². The molecule has 0 aliphatic carbocycles. The zero-order chi connectivity index (χ0) is 13.1. The number of nitrogens with zero attached hydrogens (tertiary/aromatic N) is 1. The maximum atomic E-state index is 5.86. The molecule has 3 nitrogen and oxygen atoms in total. The SMILES string of the molecule is COc1ccc(Br)cc1Cn1ccc(C(C)N)c1. The van der Waals surface area contributed by atoms with E-state index in [9.17, 15) is 0 Å². The molecular formula is C14H17BrN2O. The van der Waals surface area contributed by atoms with Gasteiger partial charge in [-0.3, -0.25) is 0 Å². The summed E-state index contributed by atoms with van der Waals surface area (Å²) in [6, 6.07) is 8.14. The molecule has 0 radical (unpaired) electrons. The van der Waals surface area contributed by atoms with E-state index < -0.39 is 0 Å². The average Bonchev–Trinajstić information content (AvgIpc) is 2.78. The van der Waals surface area contributed by atoms with Crippen molar-refractivity contribution in [2.45, 2.75) is 19.5 Å². The summed E-state index contributed by atoms with van der Waals surface area (Å²) in [5, 5.41) is 0. The second-order valence-corrected chi connectivity index (χ2v) is 5.28. The maximum absolute atomic E-state index is 5.86. The first-order valence-electron chi connectivity index (χ1n) is 5.84. The fourth-order valence-corrected chi connectivity index (χ4v) is 2.30. The average molecular weight is 309 g/mol.